The fraction of sp³-hybridized carbons (Fsp3) is 0.857. The molecule has 0 aromatic carbocycles. The lowest BCUT2D eigenvalue weighted by Crippen LogP contribution is -2.44. The molecule has 4 heteroatoms. The Morgan fingerprint density at radius 1 is 1.56 bits per heavy atom. The average molecular weight is 254 g/mol. The zero-order valence-corrected chi connectivity index (χ0v) is 11.7. The van der Waals surface area contributed by atoms with Crippen molar-refractivity contribution in [3.63, 3.8) is 0 Å². The second kappa shape index (κ2) is 8.25. The van der Waals surface area contributed by atoms with E-state index in [1.165, 1.54) is 0 Å². The summed E-state index contributed by atoms with van der Waals surface area (Å²) in [5.41, 5.74) is 0. The summed E-state index contributed by atoms with van der Waals surface area (Å²) >= 11 is 0. The number of amides is 1. The smallest absolute Gasteiger partial charge is 0.226 e. The summed E-state index contributed by atoms with van der Waals surface area (Å²) in [5, 5.41) is 3.16. The van der Waals surface area contributed by atoms with Gasteiger partial charge in [0.1, 0.15) is 6.29 Å². The molecular weight excluding hydrogens is 228 g/mol. The van der Waals surface area contributed by atoms with E-state index in [2.05, 4.69) is 12.2 Å². The van der Waals surface area contributed by atoms with Crippen LogP contribution >= 0.6 is 0 Å². The number of nitrogens with one attached hydrogen (secondary N) is 1. The summed E-state index contributed by atoms with van der Waals surface area (Å²) in [6, 6.07) is 0. The maximum absolute atomic E-state index is 12.2. The Labute approximate surface area is 110 Å². The van der Waals surface area contributed by atoms with Crippen molar-refractivity contribution in [1.29, 1.82) is 0 Å². The molecule has 1 saturated heterocycles. The number of hydrogen-bond donors (Lipinski definition) is 1. The molecule has 0 bridgehead atoms. The molecule has 1 fully saturated rings. The van der Waals surface area contributed by atoms with Gasteiger partial charge in [0.05, 0.1) is 0 Å². The molecular formula is C14H26N2O2. The molecule has 18 heavy (non-hydrogen) atoms. The Morgan fingerprint density at radius 3 is 2.94 bits per heavy atom. The van der Waals surface area contributed by atoms with Crippen LogP contribution < -0.4 is 5.32 Å². The molecule has 0 saturated carbocycles. The summed E-state index contributed by atoms with van der Waals surface area (Å²) < 4.78 is 0. The van der Waals surface area contributed by atoms with E-state index in [4.69, 9.17) is 0 Å². The van der Waals surface area contributed by atoms with Crippen molar-refractivity contribution < 1.29 is 9.59 Å². The number of piperidine rings is 1. The molecule has 1 rings (SSSR count). The van der Waals surface area contributed by atoms with Crippen LogP contribution in [-0.4, -0.2) is 43.8 Å². The van der Waals surface area contributed by atoms with E-state index in [0.29, 0.717) is 12.3 Å². The fourth-order valence-electron chi connectivity index (χ4n) is 2.62. The van der Waals surface area contributed by atoms with Gasteiger partial charge in [-0.1, -0.05) is 13.3 Å². The van der Waals surface area contributed by atoms with Crippen LogP contribution in [0.4, 0.5) is 0 Å². The first-order valence-electron chi connectivity index (χ1n) is 7.09. The number of rotatable bonds is 8. The zero-order valence-electron chi connectivity index (χ0n) is 11.7. The number of carbonyl (C=O) groups excluding carboxylic acids is 2. The molecule has 0 aliphatic carbocycles. The van der Waals surface area contributed by atoms with Crippen molar-refractivity contribution in [1.82, 2.24) is 10.2 Å². The van der Waals surface area contributed by atoms with Gasteiger partial charge in [0, 0.05) is 25.4 Å². The first kappa shape index (κ1) is 15.2. The van der Waals surface area contributed by atoms with E-state index in [9.17, 15) is 9.59 Å². The molecule has 1 N–H and O–H groups in total. The molecule has 2 unspecified atom stereocenters. The van der Waals surface area contributed by atoms with Gasteiger partial charge in [0.15, 0.2) is 0 Å². The number of nitrogens with zero attached hydrogens (tertiary/aromatic N) is 1. The van der Waals surface area contributed by atoms with Gasteiger partial charge in [-0.2, -0.15) is 0 Å². The molecule has 1 aliphatic heterocycles. The number of likely N-dealkylation sites (tertiary alicyclic amines) is 1. The van der Waals surface area contributed by atoms with Gasteiger partial charge in [-0.05, 0) is 38.8 Å². The van der Waals surface area contributed by atoms with Crippen LogP contribution in [0.1, 0.15) is 39.0 Å². The van der Waals surface area contributed by atoms with E-state index in [0.717, 1.165) is 51.6 Å². The topological polar surface area (TPSA) is 49.4 Å². The summed E-state index contributed by atoms with van der Waals surface area (Å²) in [5.74, 6) is 0.700. The molecule has 0 radical (unpaired) electrons. The van der Waals surface area contributed by atoms with Gasteiger partial charge in [0.2, 0.25) is 5.91 Å². The quantitative estimate of drug-likeness (QED) is 0.667. The van der Waals surface area contributed by atoms with Gasteiger partial charge >= 0.3 is 0 Å². The highest BCUT2D eigenvalue weighted by Gasteiger charge is 2.29. The van der Waals surface area contributed by atoms with Crippen LogP contribution in [-0.2, 0) is 9.59 Å². The third-order valence-corrected chi connectivity index (χ3v) is 3.88. The largest absolute Gasteiger partial charge is 0.342 e. The Morgan fingerprint density at radius 2 is 2.33 bits per heavy atom. The predicted octanol–water partition coefficient (Wildman–Crippen LogP) is 1.45. The third-order valence-electron chi connectivity index (χ3n) is 3.88. The standard InChI is InChI=1S/C14H26N2O2/c1-3-12(6-8-15-2)11-16-9-4-5-13(7-10-17)14(16)18/h10,12-13,15H,3-9,11H2,1-2H3. The Bertz CT molecular complexity index is 269. The predicted molar refractivity (Wildman–Crippen MR) is 72.3 cm³/mol. The van der Waals surface area contributed by atoms with Crippen molar-refractivity contribution in [2.24, 2.45) is 11.8 Å². The highest BCUT2D eigenvalue weighted by molar-refractivity contribution is 5.81. The average Bonchev–Trinajstić information content (AvgIpc) is 2.39. The van der Waals surface area contributed by atoms with Crippen molar-refractivity contribution in [2.75, 3.05) is 26.7 Å². The number of aldehydes is 1. The number of carbonyl (C=O) groups is 2. The van der Waals surface area contributed by atoms with Crippen LogP contribution in [0.25, 0.3) is 0 Å². The Kier molecular flexibility index (Phi) is 6.94. The van der Waals surface area contributed by atoms with E-state index < -0.39 is 0 Å². The Balaban J connectivity index is 2.48. The lowest BCUT2D eigenvalue weighted by Gasteiger charge is -2.34. The zero-order chi connectivity index (χ0) is 13.4. The molecule has 0 spiro atoms. The summed E-state index contributed by atoms with van der Waals surface area (Å²) in [4.78, 5) is 24.7. The second-order valence-electron chi connectivity index (χ2n) is 5.19. The first-order chi connectivity index (χ1) is 8.72. The third kappa shape index (κ3) is 4.41. The van der Waals surface area contributed by atoms with E-state index in [1.807, 2.05) is 11.9 Å². The normalized spacial score (nSPS) is 22.0. The van der Waals surface area contributed by atoms with Gasteiger partial charge in [-0.3, -0.25) is 4.79 Å². The van der Waals surface area contributed by atoms with Crippen LogP contribution in [0.3, 0.4) is 0 Å². The van der Waals surface area contributed by atoms with Gasteiger partial charge in [-0.15, -0.1) is 0 Å². The van der Waals surface area contributed by atoms with Gasteiger partial charge < -0.3 is 15.0 Å². The highest BCUT2D eigenvalue weighted by atomic mass is 16.2. The summed E-state index contributed by atoms with van der Waals surface area (Å²) in [7, 11) is 1.96. The monoisotopic (exact) mass is 254 g/mol. The van der Waals surface area contributed by atoms with Crippen molar-refractivity contribution in [2.45, 2.75) is 39.0 Å². The van der Waals surface area contributed by atoms with E-state index >= 15 is 0 Å². The van der Waals surface area contributed by atoms with Crippen LogP contribution in [0.15, 0.2) is 0 Å². The van der Waals surface area contributed by atoms with Crippen LogP contribution in [0.2, 0.25) is 0 Å². The minimum Gasteiger partial charge on any atom is -0.342 e. The molecule has 2 atom stereocenters. The number of hydrogen-bond acceptors (Lipinski definition) is 3. The van der Waals surface area contributed by atoms with Crippen LogP contribution in [0.5, 0.6) is 0 Å². The molecule has 1 aliphatic rings. The molecule has 4 nitrogen and oxygen atoms in total. The minimum absolute atomic E-state index is 0.0574. The van der Waals surface area contributed by atoms with Crippen LogP contribution in [0, 0.1) is 11.8 Å². The Hall–Kier alpha value is -0.900. The van der Waals surface area contributed by atoms with E-state index in [1.54, 1.807) is 0 Å². The maximum Gasteiger partial charge on any atom is 0.226 e. The van der Waals surface area contributed by atoms with Gasteiger partial charge in [-0.25, -0.2) is 0 Å². The molecule has 1 heterocycles. The molecule has 0 aromatic heterocycles. The van der Waals surface area contributed by atoms with Crippen molar-refractivity contribution in [3.8, 4) is 0 Å². The lowest BCUT2D eigenvalue weighted by molar-refractivity contribution is -0.140. The van der Waals surface area contributed by atoms with Crippen molar-refractivity contribution >= 4 is 12.2 Å². The summed E-state index contributed by atoms with van der Waals surface area (Å²) in [6.45, 7) is 4.90. The highest BCUT2D eigenvalue weighted by Crippen LogP contribution is 2.22. The minimum atomic E-state index is -0.0574. The molecule has 0 aromatic rings. The summed E-state index contributed by atoms with van der Waals surface area (Å²) in [6.07, 6.45) is 5.39. The van der Waals surface area contributed by atoms with E-state index in [-0.39, 0.29) is 11.8 Å². The SMILES string of the molecule is CCC(CCNC)CN1CCCC(CC=O)C1=O. The second-order valence-corrected chi connectivity index (χ2v) is 5.19. The molecule has 104 valence electrons. The van der Waals surface area contributed by atoms with Crippen molar-refractivity contribution in [3.05, 3.63) is 0 Å². The molecule has 1 amide bonds. The first-order valence-corrected chi connectivity index (χ1v) is 7.09. The lowest BCUT2D eigenvalue weighted by atomic mass is 9.92. The fourth-order valence-corrected chi connectivity index (χ4v) is 2.62. The van der Waals surface area contributed by atoms with Gasteiger partial charge in [0.25, 0.3) is 0 Å². The maximum atomic E-state index is 12.2.